The predicted octanol–water partition coefficient (Wildman–Crippen LogP) is 4.81. The Morgan fingerprint density at radius 3 is 2.44 bits per heavy atom. The molecule has 1 saturated carbocycles. The highest BCUT2D eigenvalue weighted by Crippen LogP contribution is 2.37. The molecule has 0 aromatic heterocycles. The maximum atomic E-state index is 13.8. The van der Waals surface area contributed by atoms with Crippen molar-refractivity contribution in [1.29, 1.82) is 0 Å². The number of carbonyl (C=O) groups excluding carboxylic acids is 3. The van der Waals surface area contributed by atoms with E-state index in [4.69, 9.17) is 0 Å². The van der Waals surface area contributed by atoms with Crippen LogP contribution in [-0.4, -0.2) is 41.2 Å². The SMILES string of the molecule is CC[C@@H](C(=O)NC1CCCC1)N(Cc1ccc(F)cc1)C(=O)CN1C(=O)c2cccc3cccc1c23. The van der Waals surface area contributed by atoms with Crippen molar-refractivity contribution in [2.75, 3.05) is 11.4 Å². The van der Waals surface area contributed by atoms with Gasteiger partial charge in [-0.3, -0.25) is 19.3 Å². The first kappa shape index (κ1) is 24.0. The Balaban J connectivity index is 1.43. The molecule has 1 aliphatic heterocycles. The number of nitrogens with zero attached hydrogens (tertiary/aromatic N) is 2. The minimum absolute atomic E-state index is 0.126. The van der Waals surface area contributed by atoms with Crippen LogP contribution in [-0.2, 0) is 16.1 Å². The van der Waals surface area contributed by atoms with E-state index in [2.05, 4.69) is 5.32 Å². The quantitative estimate of drug-likeness (QED) is 0.496. The number of hydrogen-bond donors (Lipinski definition) is 1. The Morgan fingerprint density at radius 1 is 1.06 bits per heavy atom. The molecule has 1 fully saturated rings. The third kappa shape index (κ3) is 4.57. The van der Waals surface area contributed by atoms with Crippen LogP contribution in [0.4, 0.5) is 10.1 Å². The fourth-order valence-corrected chi connectivity index (χ4v) is 5.44. The molecule has 1 heterocycles. The van der Waals surface area contributed by atoms with E-state index < -0.39 is 6.04 Å². The maximum Gasteiger partial charge on any atom is 0.259 e. The number of hydrogen-bond acceptors (Lipinski definition) is 3. The Labute approximate surface area is 210 Å². The van der Waals surface area contributed by atoms with E-state index in [1.165, 1.54) is 21.9 Å². The first-order valence-corrected chi connectivity index (χ1v) is 12.6. The van der Waals surface area contributed by atoms with Crippen LogP contribution in [0.15, 0.2) is 60.7 Å². The zero-order valence-electron chi connectivity index (χ0n) is 20.4. The van der Waals surface area contributed by atoms with E-state index in [0.29, 0.717) is 17.7 Å². The minimum atomic E-state index is -0.695. The van der Waals surface area contributed by atoms with Gasteiger partial charge < -0.3 is 10.2 Å². The molecule has 0 unspecified atom stereocenters. The lowest BCUT2D eigenvalue weighted by molar-refractivity contribution is -0.140. The number of nitrogens with one attached hydrogen (secondary N) is 1. The molecule has 186 valence electrons. The van der Waals surface area contributed by atoms with Crippen LogP contribution in [0.3, 0.4) is 0 Å². The van der Waals surface area contributed by atoms with Crippen molar-refractivity contribution >= 4 is 34.2 Å². The lowest BCUT2D eigenvalue weighted by Gasteiger charge is -2.33. The van der Waals surface area contributed by atoms with E-state index >= 15 is 0 Å². The summed E-state index contributed by atoms with van der Waals surface area (Å²) in [6, 6.07) is 16.6. The van der Waals surface area contributed by atoms with Gasteiger partial charge in [0.15, 0.2) is 0 Å². The van der Waals surface area contributed by atoms with Crippen LogP contribution in [0.1, 0.15) is 54.9 Å². The van der Waals surface area contributed by atoms with Crippen LogP contribution in [0.25, 0.3) is 10.8 Å². The van der Waals surface area contributed by atoms with E-state index in [1.807, 2.05) is 37.3 Å². The summed E-state index contributed by atoms with van der Waals surface area (Å²) in [4.78, 5) is 43.4. The van der Waals surface area contributed by atoms with Crippen LogP contribution in [0.2, 0.25) is 0 Å². The molecule has 7 heteroatoms. The summed E-state index contributed by atoms with van der Waals surface area (Å²) >= 11 is 0. The van der Waals surface area contributed by atoms with Crippen LogP contribution >= 0.6 is 0 Å². The summed E-state index contributed by atoms with van der Waals surface area (Å²) < 4.78 is 13.5. The molecule has 2 aliphatic rings. The Bertz CT molecular complexity index is 1300. The molecule has 0 bridgehead atoms. The topological polar surface area (TPSA) is 69.7 Å². The van der Waals surface area contributed by atoms with Gasteiger partial charge in [-0.15, -0.1) is 0 Å². The summed E-state index contributed by atoms with van der Waals surface area (Å²) in [5.74, 6) is -1.10. The monoisotopic (exact) mass is 487 g/mol. The van der Waals surface area contributed by atoms with Crippen molar-refractivity contribution in [3.63, 3.8) is 0 Å². The van der Waals surface area contributed by atoms with Crippen molar-refractivity contribution in [3.8, 4) is 0 Å². The van der Waals surface area contributed by atoms with Crippen molar-refractivity contribution < 1.29 is 18.8 Å². The molecule has 0 radical (unpaired) electrons. The Hall–Kier alpha value is -3.74. The molecular formula is C29H30FN3O3. The van der Waals surface area contributed by atoms with Crippen LogP contribution in [0, 0.1) is 5.82 Å². The van der Waals surface area contributed by atoms with Gasteiger partial charge in [0, 0.05) is 23.5 Å². The summed E-state index contributed by atoms with van der Waals surface area (Å²) in [6.07, 6.45) is 4.48. The van der Waals surface area contributed by atoms with Gasteiger partial charge in [0.25, 0.3) is 5.91 Å². The molecule has 3 aromatic carbocycles. The Morgan fingerprint density at radius 2 is 1.75 bits per heavy atom. The van der Waals surface area contributed by atoms with Gasteiger partial charge in [-0.05, 0) is 54.5 Å². The normalized spacial score (nSPS) is 15.9. The molecule has 6 nitrogen and oxygen atoms in total. The molecular weight excluding hydrogens is 457 g/mol. The number of rotatable bonds is 8. The van der Waals surface area contributed by atoms with E-state index in [-0.39, 0.29) is 42.7 Å². The molecule has 36 heavy (non-hydrogen) atoms. The molecule has 1 aliphatic carbocycles. The van der Waals surface area contributed by atoms with E-state index in [1.54, 1.807) is 18.2 Å². The van der Waals surface area contributed by atoms with Gasteiger partial charge in [-0.25, -0.2) is 4.39 Å². The summed E-state index contributed by atoms with van der Waals surface area (Å²) in [6.45, 7) is 1.84. The molecule has 1 atom stereocenters. The first-order chi connectivity index (χ1) is 17.5. The second-order valence-corrected chi connectivity index (χ2v) is 9.63. The van der Waals surface area contributed by atoms with Crippen molar-refractivity contribution in [3.05, 3.63) is 77.6 Å². The van der Waals surface area contributed by atoms with Crippen molar-refractivity contribution in [2.45, 2.75) is 57.7 Å². The molecule has 3 aromatic rings. The largest absolute Gasteiger partial charge is 0.352 e. The first-order valence-electron chi connectivity index (χ1n) is 12.6. The molecule has 0 saturated heterocycles. The second kappa shape index (κ2) is 10.1. The summed E-state index contributed by atoms with van der Waals surface area (Å²) in [7, 11) is 0. The number of anilines is 1. The highest BCUT2D eigenvalue weighted by molar-refractivity contribution is 6.26. The summed E-state index contributed by atoms with van der Waals surface area (Å²) in [5, 5.41) is 4.90. The fraction of sp³-hybridized carbons (Fsp3) is 0.345. The van der Waals surface area contributed by atoms with Crippen LogP contribution in [0.5, 0.6) is 0 Å². The second-order valence-electron chi connectivity index (χ2n) is 9.63. The average Bonchev–Trinajstić information content (AvgIpc) is 3.49. The Kier molecular flexibility index (Phi) is 6.72. The lowest BCUT2D eigenvalue weighted by Crippen LogP contribution is -2.53. The zero-order chi connectivity index (χ0) is 25.2. The van der Waals surface area contributed by atoms with Crippen molar-refractivity contribution in [1.82, 2.24) is 10.2 Å². The number of carbonyl (C=O) groups is 3. The van der Waals surface area contributed by atoms with Gasteiger partial charge in [0.2, 0.25) is 11.8 Å². The minimum Gasteiger partial charge on any atom is -0.352 e. The summed E-state index contributed by atoms with van der Waals surface area (Å²) in [5.41, 5.74) is 1.99. The van der Waals surface area contributed by atoms with Gasteiger partial charge in [0.05, 0.1) is 5.69 Å². The molecule has 1 N–H and O–H groups in total. The van der Waals surface area contributed by atoms with Crippen molar-refractivity contribution in [2.24, 2.45) is 0 Å². The maximum absolute atomic E-state index is 13.8. The smallest absolute Gasteiger partial charge is 0.259 e. The zero-order valence-corrected chi connectivity index (χ0v) is 20.4. The van der Waals surface area contributed by atoms with Gasteiger partial charge in [-0.1, -0.05) is 56.2 Å². The van der Waals surface area contributed by atoms with Gasteiger partial charge >= 0.3 is 0 Å². The number of amides is 3. The predicted molar refractivity (Wildman–Crippen MR) is 137 cm³/mol. The molecule has 3 amide bonds. The number of halogens is 1. The molecule has 0 spiro atoms. The van der Waals surface area contributed by atoms with Crippen LogP contribution < -0.4 is 10.2 Å². The third-order valence-corrected chi connectivity index (χ3v) is 7.30. The number of benzene rings is 3. The lowest BCUT2D eigenvalue weighted by atomic mass is 10.1. The van der Waals surface area contributed by atoms with Gasteiger partial charge in [-0.2, -0.15) is 0 Å². The highest BCUT2D eigenvalue weighted by Gasteiger charge is 2.35. The standard InChI is InChI=1S/C29H30FN3O3/c1-2-24(28(35)31-22-9-3-4-10-22)32(17-19-13-15-21(30)16-14-19)26(34)18-33-25-12-6-8-20-7-5-11-23(27(20)25)29(33)36/h5-8,11-16,22,24H,2-4,9-10,17-18H2,1H3,(H,31,35)/t24-/m0/s1. The molecule has 5 rings (SSSR count). The van der Waals surface area contributed by atoms with E-state index in [0.717, 1.165) is 42.0 Å². The fourth-order valence-electron chi connectivity index (χ4n) is 5.44. The third-order valence-electron chi connectivity index (χ3n) is 7.30. The van der Waals surface area contributed by atoms with E-state index in [9.17, 15) is 18.8 Å². The van der Waals surface area contributed by atoms with Gasteiger partial charge in [0.1, 0.15) is 18.4 Å². The average molecular weight is 488 g/mol. The highest BCUT2D eigenvalue weighted by atomic mass is 19.1.